The molecule has 0 radical (unpaired) electrons. The predicted molar refractivity (Wildman–Crippen MR) is 77.4 cm³/mol. The summed E-state index contributed by atoms with van der Waals surface area (Å²) in [5.41, 5.74) is 0.459. The number of carboxylic acid groups (broad SMARTS) is 1. The molecule has 1 aromatic carbocycles. The fraction of sp³-hybridized carbons (Fsp3) is 0.188. The molecule has 5 heteroatoms. The molecule has 0 spiro atoms. The molecular weight excluding hydrogens is 270 g/mol. The maximum atomic E-state index is 11.3. The van der Waals surface area contributed by atoms with Crippen LogP contribution in [-0.4, -0.2) is 17.0 Å². The van der Waals surface area contributed by atoms with Gasteiger partial charge in [-0.15, -0.1) is 0 Å². The number of rotatable bonds is 6. The van der Waals surface area contributed by atoms with Crippen LogP contribution >= 0.6 is 0 Å². The van der Waals surface area contributed by atoms with Crippen molar-refractivity contribution in [2.24, 2.45) is 0 Å². The summed E-state index contributed by atoms with van der Waals surface area (Å²) in [7, 11) is 0. The number of esters is 1. The zero-order chi connectivity index (χ0) is 15.7. The van der Waals surface area contributed by atoms with Crippen molar-refractivity contribution in [3.8, 4) is 11.8 Å². The molecule has 5 nitrogen and oxygen atoms in total. The van der Waals surface area contributed by atoms with Crippen LogP contribution in [0.25, 0.3) is 6.08 Å². The van der Waals surface area contributed by atoms with Crippen LogP contribution in [0.2, 0.25) is 0 Å². The highest BCUT2D eigenvalue weighted by Crippen LogP contribution is 2.14. The second-order valence-corrected chi connectivity index (χ2v) is 4.15. The number of ether oxygens (including phenoxy) is 1. The van der Waals surface area contributed by atoms with Crippen molar-refractivity contribution in [2.75, 3.05) is 0 Å². The van der Waals surface area contributed by atoms with Crippen LogP contribution in [0.1, 0.15) is 25.3 Å². The Hall–Kier alpha value is -2.87. The van der Waals surface area contributed by atoms with Gasteiger partial charge in [-0.05, 0) is 30.2 Å². The van der Waals surface area contributed by atoms with Gasteiger partial charge in [0.15, 0.2) is 0 Å². The van der Waals surface area contributed by atoms with Crippen molar-refractivity contribution in [1.29, 1.82) is 5.26 Å². The van der Waals surface area contributed by atoms with E-state index in [1.54, 1.807) is 36.4 Å². The molecule has 0 heterocycles. The molecule has 0 amide bonds. The fourth-order valence-electron chi connectivity index (χ4n) is 1.45. The van der Waals surface area contributed by atoms with Crippen LogP contribution in [0.5, 0.6) is 5.75 Å². The van der Waals surface area contributed by atoms with Crippen molar-refractivity contribution in [3.05, 3.63) is 47.6 Å². The molecule has 0 unspecified atom stereocenters. The van der Waals surface area contributed by atoms with Gasteiger partial charge in [0.25, 0.3) is 0 Å². The van der Waals surface area contributed by atoms with Crippen molar-refractivity contribution < 1.29 is 19.4 Å². The molecule has 0 atom stereocenters. The third-order valence-corrected chi connectivity index (χ3v) is 2.47. The van der Waals surface area contributed by atoms with Crippen LogP contribution in [-0.2, 0) is 9.59 Å². The van der Waals surface area contributed by atoms with E-state index in [1.165, 1.54) is 12.2 Å². The van der Waals surface area contributed by atoms with Crippen LogP contribution in [0.4, 0.5) is 0 Å². The van der Waals surface area contributed by atoms with Crippen molar-refractivity contribution >= 4 is 18.0 Å². The maximum absolute atomic E-state index is 11.3. The van der Waals surface area contributed by atoms with Gasteiger partial charge in [0.2, 0.25) is 0 Å². The Morgan fingerprint density at radius 2 is 2.00 bits per heavy atom. The van der Waals surface area contributed by atoms with Gasteiger partial charge in [0.1, 0.15) is 17.4 Å². The topological polar surface area (TPSA) is 87.4 Å². The van der Waals surface area contributed by atoms with E-state index < -0.39 is 5.97 Å². The molecule has 108 valence electrons. The highest BCUT2D eigenvalue weighted by molar-refractivity contribution is 5.91. The zero-order valence-corrected chi connectivity index (χ0v) is 11.6. The SMILES string of the molecule is CCCC(=O)Oc1ccc(/C=C/C=C(\C#N)C(=O)O)cc1. The first kappa shape index (κ1) is 16.2. The second kappa shape index (κ2) is 8.33. The standard InChI is InChI=1S/C16H15NO4/c1-2-4-15(18)21-14-9-7-12(8-10-14)5-3-6-13(11-17)16(19)20/h3,5-10H,2,4H2,1H3,(H,19,20)/b5-3+,13-6+. The van der Waals surface area contributed by atoms with Crippen molar-refractivity contribution in [1.82, 2.24) is 0 Å². The number of carbonyl (C=O) groups excluding carboxylic acids is 1. The third-order valence-electron chi connectivity index (χ3n) is 2.47. The van der Waals surface area contributed by atoms with Crippen LogP contribution in [0.3, 0.4) is 0 Å². The highest BCUT2D eigenvalue weighted by atomic mass is 16.5. The average molecular weight is 285 g/mol. The van der Waals surface area contributed by atoms with Gasteiger partial charge in [-0.1, -0.05) is 31.2 Å². The first-order valence-electron chi connectivity index (χ1n) is 6.39. The molecule has 1 rings (SSSR count). The van der Waals surface area contributed by atoms with Crippen molar-refractivity contribution in [2.45, 2.75) is 19.8 Å². The minimum Gasteiger partial charge on any atom is -0.477 e. The third kappa shape index (κ3) is 5.74. The van der Waals surface area contributed by atoms with Gasteiger partial charge < -0.3 is 9.84 Å². The van der Waals surface area contributed by atoms with E-state index in [2.05, 4.69) is 0 Å². The van der Waals surface area contributed by atoms with Crippen molar-refractivity contribution in [3.63, 3.8) is 0 Å². The lowest BCUT2D eigenvalue weighted by molar-refractivity contribution is -0.134. The largest absolute Gasteiger partial charge is 0.477 e. The summed E-state index contributed by atoms with van der Waals surface area (Å²) in [5.74, 6) is -1.08. The van der Waals surface area contributed by atoms with E-state index in [-0.39, 0.29) is 11.5 Å². The Bertz CT molecular complexity index is 606. The monoisotopic (exact) mass is 285 g/mol. The number of nitrogens with zero attached hydrogens (tertiary/aromatic N) is 1. The Morgan fingerprint density at radius 1 is 1.33 bits per heavy atom. The van der Waals surface area contributed by atoms with Crippen LogP contribution in [0.15, 0.2) is 42.0 Å². The van der Waals surface area contributed by atoms with E-state index in [0.717, 1.165) is 12.0 Å². The van der Waals surface area contributed by atoms with Crippen LogP contribution in [0, 0.1) is 11.3 Å². The first-order chi connectivity index (χ1) is 10.1. The van der Waals surface area contributed by atoms with E-state index in [9.17, 15) is 9.59 Å². The maximum Gasteiger partial charge on any atom is 0.346 e. The summed E-state index contributed by atoms with van der Waals surface area (Å²) >= 11 is 0. The molecule has 0 saturated carbocycles. The summed E-state index contributed by atoms with van der Waals surface area (Å²) in [4.78, 5) is 21.9. The highest BCUT2D eigenvalue weighted by Gasteiger charge is 2.03. The number of carbonyl (C=O) groups is 2. The minimum atomic E-state index is -1.26. The number of carboxylic acids is 1. The van der Waals surface area contributed by atoms with E-state index in [0.29, 0.717) is 12.2 Å². The Labute approximate surface area is 122 Å². The summed E-state index contributed by atoms with van der Waals surface area (Å²) in [6.07, 6.45) is 5.45. The van der Waals surface area contributed by atoms with Gasteiger partial charge >= 0.3 is 11.9 Å². The molecule has 0 aliphatic heterocycles. The molecule has 1 aromatic rings. The Kier molecular flexibility index (Phi) is 6.42. The Morgan fingerprint density at radius 3 is 2.52 bits per heavy atom. The number of aliphatic carboxylic acids is 1. The number of nitriles is 1. The molecule has 0 aliphatic carbocycles. The van der Waals surface area contributed by atoms with Gasteiger partial charge in [-0.3, -0.25) is 4.79 Å². The van der Waals surface area contributed by atoms with Gasteiger partial charge in [0, 0.05) is 6.42 Å². The molecule has 0 aromatic heterocycles. The minimum absolute atomic E-state index is 0.274. The predicted octanol–water partition coefficient (Wildman–Crippen LogP) is 2.94. The number of benzene rings is 1. The number of hydrogen-bond acceptors (Lipinski definition) is 4. The molecule has 21 heavy (non-hydrogen) atoms. The van der Waals surface area contributed by atoms with Gasteiger partial charge in [-0.2, -0.15) is 5.26 Å². The second-order valence-electron chi connectivity index (χ2n) is 4.15. The summed E-state index contributed by atoms with van der Waals surface area (Å²) in [6.45, 7) is 1.90. The lowest BCUT2D eigenvalue weighted by Crippen LogP contribution is -2.06. The number of allylic oxidation sites excluding steroid dienone is 2. The molecule has 0 bridgehead atoms. The zero-order valence-electron chi connectivity index (χ0n) is 11.6. The lowest BCUT2D eigenvalue weighted by atomic mass is 10.2. The van der Waals surface area contributed by atoms with E-state index >= 15 is 0 Å². The summed E-state index contributed by atoms with van der Waals surface area (Å²) < 4.78 is 5.11. The lowest BCUT2D eigenvalue weighted by Gasteiger charge is -2.03. The average Bonchev–Trinajstić information content (AvgIpc) is 2.45. The van der Waals surface area contributed by atoms with E-state index in [1.807, 2.05) is 6.92 Å². The first-order valence-corrected chi connectivity index (χ1v) is 6.39. The van der Waals surface area contributed by atoms with Gasteiger partial charge in [0.05, 0.1) is 0 Å². The molecule has 0 saturated heterocycles. The van der Waals surface area contributed by atoms with Crippen LogP contribution < -0.4 is 4.74 Å². The number of hydrogen-bond donors (Lipinski definition) is 1. The normalized spacial score (nSPS) is 11.1. The molecular formula is C16H15NO4. The fourth-order valence-corrected chi connectivity index (χ4v) is 1.45. The molecule has 1 N–H and O–H groups in total. The Balaban J connectivity index is 2.69. The molecule has 0 fully saturated rings. The quantitative estimate of drug-likeness (QED) is 0.285. The smallest absolute Gasteiger partial charge is 0.346 e. The summed E-state index contributed by atoms with van der Waals surface area (Å²) in [6, 6.07) is 8.34. The molecule has 0 aliphatic rings. The summed E-state index contributed by atoms with van der Waals surface area (Å²) in [5, 5.41) is 17.2. The van der Waals surface area contributed by atoms with Gasteiger partial charge in [-0.25, -0.2) is 4.79 Å². The van der Waals surface area contributed by atoms with E-state index in [4.69, 9.17) is 15.1 Å².